The Balaban J connectivity index is 1.92. The fourth-order valence-electron chi connectivity index (χ4n) is 3.01. The Bertz CT molecular complexity index is 811. The molecule has 7 heteroatoms. The summed E-state index contributed by atoms with van der Waals surface area (Å²) in [6.07, 6.45) is 0. The smallest absolute Gasteiger partial charge is 0.308 e. The van der Waals surface area contributed by atoms with E-state index in [0.717, 1.165) is 0 Å². The summed E-state index contributed by atoms with van der Waals surface area (Å²) in [5, 5.41) is 8.71. The molecule has 128 valence electrons. The van der Waals surface area contributed by atoms with E-state index in [1.165, 1.54) is 18.0 Å². The lowest BCUT2D eigenvalue weighted by Gasteiger charge is -2.36. The topological polar surface area (TPSA) is 9.23 Å². The first-order valence-corrected chi connectivity index (χ1v) is 16.3. The van der Waals surface area contributed by atoms with E-state index in [4.69, 9.17) is 4.12 Å². The third kappa shape index (κ3) is 3.18. The van der Waals surface area contributed by atoms with Crippen LogP contribution in [0.1, 0.15) is 0 Å². The van der Waals surface area contributed by atoms with Crippen molar-refractivity contribution in [3.05, 3.63) is 70.1 Å². The summed E-state index contributed by atoms with van der Waals surface area (Å²) in [7, 11) is -4.47. The van der Waals surface area contributed by atoms with Gasteiger partial charge in [0.05, 0.1) is 0 Å². The van der Waals surface area contributed by atoms with E-state index in [1.807, 2.05) is 45.3 Å². The van der Waals surface area contributed by atoms with Gasteiger partial charge in [-0.15, -0.1) is 0 Å². The molecule has 0 aromatic carbocycles. The zero-order valence-electron chi connectivity index (χ0n) is 14.0. The second kappa shape index (κ2) is 7.07. The molecular formula is C18H18OS4Si2. The van der Waals surface area contributed by atoms with Crippen molar-refractivity contribution < 1.29 is 4.12 Å². The highest BCUT2D eigenvalue weighted by Gasteiger charge is 2.49. The molecule has 0 fully saturated rings. The lowest BCUT2D eigenvalue weighted by atomic mass is 10.7. The maximum atomic E-state index is 7.32. The highest BCUT2D eigenvalue weighted by Crippen LogP contribution is 2.22. The van der Waals surface area contributed by atoms with Crippen molar-refractivity contribution >= 4 is 80.0 Å². The van der Waals surface area contributed by atoms with Crippen LogP contribution in [0.15, 0.2) is 70.1 Å². The molecule has 25 heavy (non-hydrogen) atoms. The third-order valence-electron chi connectivity index (χ3n) is 4.13. The van der Waals surface area contributed by atoms with Crippen LogP contribution in [0.5, 0.6) is 0 Å². The van der Waals surface area contributed by atoms with Gasteiger partial charge in [0.1, 0.15) is 0 Å². The van der Waals surface area contributed by atoms with Crippen LogP contribution in [-0.2, 0) is 4.12 Å². The Labute approximate surface area is 166 Å². The molecule has 0 unspecified atom stereocenters. The molecule has 0 saturated heterocycles. The first kappa shape index (κ1) is 17.6. The second-order valence-corrected chi connectivity index (χ2v) is 18.8. The molecule has 0 saturated carbocycles. The van der Waals surface area contributed by atoms with Gasteiger partial charge >= 0.3 is 8.32 Å². The summed E-state index contributed by atoms with van der Waals surface area (Å²) in [6.45, 7) is 4.69. The van der Waals surface area contributed by atoms with Gasteiger partial charge in [-0.1, -0.05) is 24.3 Å². The molecule has 4 aromatic heterocycles. The fraction of sp³-hybridized carbons (Fsp3) is 0.111. The van der Waals surface area contributed by atoms with Gasteiger partial charge in [-0.25, -0.2) is 0 Å². The number of hydrogen-bond acceptors (Lipinski definition) is 5. The average molecular weight is 435 g/mol. The van der Waals surface area contributed by atoms with E-state index in [1.54, 1.807) is 0 Å². The van der Waals surface area contributed by atoms with Crippen molar-refractivity contribution in [2.45, 2.75) is 13.1 Å². The van der Waals surface area contributed by atoms with Crippen LogP contribution in [0.4, 0.5) is 0 Å². The van der Waals surface area contributed by atoms with E-state index in [0.29, 0.717) is 0 Å². The van der Waals surface area contributed by atoms with Gasteiger partial charge in [-0.3, -0.25) is 0 Å². The quantitative estimate of drug-likeness (QED) is 0.416. The van der Waals surface area contributed by atoms with Crippen LogP contribution in [0.3, 0.4) is 0 Å². The standard InChI is InChI=1S/C18H18OS4Si2/c1-24(2,15-7-3-11-20-15)19-25(16-8-4-12-21-16,17-9-5-13-22-17)18-10-6-14-23-18/h3-14H,1-2H3. The average Bonchev–Trinajstić information content (AvgIpc) is 3.43. The maximum Gasteiger partial charge on any atom is 0.308 e. The van der Waals surface area contributed by atoms with Crippen molar-refractivity contribution in [1.29, 1.82) is 0 Å². The Kier molecular flexibility index (Phi) is 4.98. The molecule has 0 amide bonds. The maximum absolute atomic E-state index is 7.32. The SMILES string of the molecule is C[Si](C)(O[Si](c1cccs1)(c1cccs1)c1cccs1)c1cccs1. The van der Waals surface area contributed by atoms with E-state index >= 15 is 0 Å². The van der Waals surface area contributed by atoms with Crippen LogP contribution >= 0.6 is 45.3 Å². The molecule has 0 bridgehead atoms. The Morgan fingerprint density at radius 1 is 0.600 bits per heavy atom. The van der Waals surface area contributed by atoms with E-state index in [-0.39, 0.29) is 0 Å². The first-order chi connectivity index (χ1) is 12.1. The normalized spacial score (nSPS) is 12.6. The molecule has 4 heterocycles. The summed E-state index contributed by atoms with van der Waals surface area (Å²) in [5.41, 5.74) is 0. The molecule has 0 aliphatic rings. The molecule has 4 aromatic rings. The summed E-state index contributed by atoms with van der Waals surface area (Å²) in [4.78, 5) is 0. The molecule has 0 atom stereocenters. The van der Waals surface area contributed by atoms with Crippen LogP contribution in [0, 0.1) is 0 Å². The van der Waals surface area contributed by atoms with Gasteiger partial charge in [0.15, 0.2) is 0 Å². The van der Waals surface area contributed by atoms with Crippen molar-refractivity contribution in [2.24, 2.45) is 0 Å². The van der Waals surface area contributed by atoms with Gasteiger partial charge in [-0.05, 0) is 58.9 Å². The van der Waals surface area contributed by atoms with Crippen LogP contribution < -0.4 is 18.0 Å². The number of hydrogen-bond donors (Lipinski definition) is 0. The molecular weight excluding hydrogens is 417 g/mol. The lowest BCUT2D eigenvalue weighted by molar-refractivity contribution is 0.590. The third-order valence-corrected chi connectivity index (χ3v) is 19.5. The molecule has 0 radical (unpaired) electrons. The van der Waals surface area contributed by atoms with Gasteiger partial charge in [0.2, 0.25) is 8.32 Å². The minimum Gasteiger partial charge on any atom is -0.440 e. The Hall–Kier alpha value is -0.806. The van der Waals surface area contributed by atoms with Gasteiger partial charge in [0.25, 0.3) is 0 Å². The molecule has 1 nitrogen and oxygen atoms in total. The summed E-state index contributed by atoms with van der Waals surface area (Å²) >= 11 is 7.35. The number of thiophene rings is 4. The van der Waals surface area contributed by atoms with Crippen molar-refractivity contribution in [2.75, 3.05) is 0 Å². The second-order valence-electron chi connectivity index (χ2n) is 6.20. The first-order valence-electron chi connectivity index (χ1n) is 7.99. The molecule has 0 spiro atoms. The predicted molar refractivity (Wildman–Crippen MR) is 120 cm³/mol. The van der Waals surface area contributed by atoms with Gasteiger partial charge < -0.3 is 4.12 Å². The van der Waals surface area contributed by atoms with Crippen molar-refractivity contribution in [1.82, 2.24) is 0 Å². The molecule has 0 aliphatic carbocycles. The zero-order valence-corrected chi connectivity index (χ0v) is 19.2. The van der Waals surface area contributed by atoms with Gasteiger partial charge in [-0.2, -0.15) is 45.3 Å². The molecule has 4 rings (SSSR count). The highest BCUT2D eigenvalue weighted by atomic mass is 32.1. The molecule has 0 N–H and O–H groups in total. The minimum atomic E-state index is -2.43. The van der Waals surface area contributed by atoms with Crippen LogP contribution in [0.2, 0.25) is 13.1 Å². The number of rotatable bonds is 6. The van der Waals surface area contributed by atoms with E-state index < -0.39 is 16.6 Å². The predicted octanol–water partition coefficient (Wildman–Crippen LogP) is 4.03. The summed E-state index contributed by atoms with van der Waals surface area (Å²) in [6, 6.07) is 17.7. The van der Waals surface area contributed by atoms with Crippen molar-refractivity contribution in [3.63, 3.8) is 0 Å². The van der Waals surface area contributed by atoms with Gasteiger partial charge in [0, 0.05) is 18.0 Å². The zero-order chi connectivity index (χ0) is 17.3. The van der Waals surface area contributed by atoms with E-state index in [9.17, 15) is 0 Å². The largest absolute Gasteiger partial charge is 0.440 e. The Morgan fingerprint density at radius 2 is 0.960 bits per heavy atom. The summed E-state index contributed by atoms with van der Waals surface area (Å²) < 4.78 is 12.9. The van der Waals surface area contributed by atoms with Crippen LogP contribution in [0.25, 0.3) is 0 Å². The minimum absolute atomic E-state index is 1.40. The lowest BCUT2D eigenvalue weighted by Crippen LogP contribution is -2.71. The van der Waals surface area contributed by atoms with E-state index in [2.05, 4.69) is 83.1 Å². The summed E-state index contributed by atoms with van der Waals surface area (Å²) in [5.74, 6) is 0. The highest BCUT2D eigenvalue weighted by molar-refractivity contribution is 7.44. The molecule has 0 aliphatic heterocycles. The van der Waals surface area contributed by atoms with Crippen LogP contribution in [-0.4, -0.2) is 16.6 Å². The monoisotopic (exact) mass is 434 g/mol. The fourth-order valence-corrected chi connectivity index (χ4v) is 19.7. The van der Waals surface area contributed by atoms with Crippen molar-refractivity contribution in [3.8, 4) is 0 Å². The Morgan fingerprint density at radius 3 is 1.28 bits per heavy atom.